The SMILES string of the molecule is c1ccc(-c2ccc(C(Cc3cccc(-c4ccccc4)c3)c3ccc(-n4c5ccccc5c5ccccc54)c4oc5ccccc5c34)cc2)cc1. The maximum atomic E-state index is 6.92. The summed E-state index contributed by atoms with van der Waals surface area (Å²) in [5, 5.41) is 4.78. The van der Waals surface area contributed by atoms with Crippen LogP contribution < -0.4 is 0 Å². The summed E-state index contributed by atoms with van der Waals surface area (Å²) in [5.74, 6) is 0.0755. The second-order valence-electron chi connectivity index (χ2n) is 13.7. The van der Waals surface area contributed by atoms with Gasteiger partial charge in [0.05, 0.1) is 16.7 Å². The fourth-order valence-corrected chi connectivity index (χ4v) is 8.18. The van der Waals surface area contributed by atoms with Gasteiger partial charge in [0.15, 0.2) is 5.58 Å². The molecule has 0 saturated carbocycles. The van der Waals surface area contributed by atoms with Crippen molar-refractivity contribution in [2.24, 2.45) is 0 Å². The van der Waals surface area contributed by atoms with Crippen molar-refractivity contribution in [1.29, 1.82) is 0 Å². The van der Waals surface area contributed by atoms with Crippen LogP contribution in [0.25, 0.3) is 71.7 Å². The summed E-state index contributed by atoms with van der Waals surface area (Å²) in [5.41, 5.74) is 13.9. The molecule has 246 valence electrons. The molecule has 0 fully saturated rings. The van der Waals surface area contributed by atoms with Gasteiger partial charge in [0.25, 0.3) is 0 Å². The molecule has 2 heteroatoms. The van der Waals surface area contributed by atoms with Gasteiger partial charge >= 0.3 is 0 Å². The van der Waals surface area contributed by atoms with Crippen LogP contribution in [0.5, 0.6) is 0 Å². The largest absolute Gasteiger partial charge is 0.454 e. The van der Waals surface area contributed by atoms with Crippen LogP contribution in [0.2, 0.25) is 0 Å². The Morgan fingerprint density at radius 1 is 0.442 bits per heavy atom. The first kappa shape index (κ1) is 30.2. The number of para-hydroxylation sites is 3. The first-order valence-electron chi connectivity index (χ1n) is 18.0. The molecular formula is C50H35NO. The molecule has 2 heterocycles. The lowest BCUT2D eigenvalue weighted by molar-refractivity contribution is 0.665. The van der Waals surface area contributed by atoms with Gasteiger partial charge < -0.3 is 8.98 Å². The van der Waals surface area contributed by atoms with Gasteiger partial charge in [-0.1, -0.05) is 170 Å². The number of benzene rings is 8. The van der Waals surface area contributed by atoms with Crippen LogP contribution in [0.4, 0.5) is 0 Å². The zero-order valence-electron chi connectivity index (χ0n) is 28.6. The maximum Gasteiger partial charge on any atom is 0.159 e. The lowest BCUT2D eigenvalue weighted by atomic mass is 9.82. The summed E-state index contributed by atoms with van der Waals surface area (Å²) in [7, 11) is 0. The Bertz CT molecular complexity index is 2810. The third-order valence-corrected chi connectivity index (χ3v) is 10.6. The molecule has 10 rings (SSSR count). The molecule has 0 aliphatic rings. The summed E-state index contributed by atoms with van der Waals surface area (Å²) >= 11 is 0. The van der Waals surface area contributed by atoms with Gasteiger partial charge in [0.2, 0.25) is 0 Å². The Morgan fingerprint density at radius 2 is 1.00 bits per heavy atom. The summed E-state index contributed by atoms with van der Waals surface area (Å²) in [6.07, 6.45) is 0.842. The normalized spacial score (nSPS) is 12.2. The second-order valence-corrected chi connectivity index (χ2v) is 13.7. The summed E-state index contributed by atoms with van der Waals surface area (Å²) in [6, 6.07) is 70.1. The van der Waals surface area contributed by atoms with Gasteiger partial charge in [-0.25, -0.2) is 0 Å². The van der Waals surface area contributed by atoms with Crippen molar-refractivity contribution in [3.8, 4) is 27.9 Å². The standard InChI is InChI=1S/C50H35NO/c1-3-15-35(16-4-1)37-26-28-38(29-27-37)44(33-34-14-13-19-39(32-34)36-17-5-2-6-18-36)42-30-31-47(50-49(42)43-22-9-12-25-48(43)52-50)51-45-23-10-7-20-40(45)41-21-8-11-24-46(41)51/h1-32,44H,33H2. The van der Waals surface area contributed by atoms with Gasteiger partial charge in [-0.05, 0) is 69.6 Å². The lowest BCUT2D eigenvalue weighted by Gasteiger charge is -2.21. The van der Waals surface area contributed by atoms with Crippen LogP contribution in [0.3, 0.4) is 0 Å². The Kier molecular flexibility index (Phi) is 7.32. The zero-order valence-corrected chi connectivity index (χ0v) is 28.6. The van der Waals surface area contributed by atoms with E-state index in [9.17, 15) is 0 Å². The average molecular weight is 666 g/mol. The minimum Gasteiger partial charge on any atom is -0.454 e. The molecule has 10 aromatic rings. The van der Waals surface area contributed by atoms with E-state index < -0.39 is 0 Å². The van der Waals surface area contributed by atoms with Crippen molar-refractivity contribution in [3.05, 3.63) is 211 Å². The smallest absolute Gasteiger partial charge is 0.159 e. The van der Waals surface area contributed by atoms with Gasteiger partial charge in [-0.2, -0.15) is 0 Å². The average Bonchev–Trinajstić information content (AvgIpc) is 3.77. The van der Waals surface area contributed by atoms with E-state index in [4.69, 9.17) is 4.42 Å². The quantitative estimate of drug-likeness (QED) is 0.166. The molecule has 0 bridgehead atoms. The van der Waals surface area contributed by atoms with Crippen LogP contribution in [-0.4, -0.2) is 4.57 Å². The fourth-order valence-electron chi connectivity index (χ4n) is 8.18. The van der Waals surface area contributed by atoms with Crippen molar-refractivity contribution in [2.75, 3.05) is 0 Å². The van der Waals surface area contributed by atoms with Gasteiger partial charge in [-0.3, -0.25) is 0 Å². The van der Waals surface area contributed by atoms with E-state index in [1.807, 2.05) is 0 Å². The minimum absolute atomic E-state index is 0.0755. The number of rotatable bonds is 7. The van der Waals surface area contributed by atoms with Crippen LogP contribution >= 0.6 is 0 Å². The number of fused-ring (bicyclic) bond motifs is 6. The van der Waals surface area contributed by atoms with E-state index in [1.54, 1.807) is 0 Å². The molecule has 0 aliphatic heterocycles. The molecule has 52 heavy (non-hydrogen) atoms. The van der Waals surface area contributed by atoms with E-state index in [2.05, 4.69) is 199 Å². The van der Waals surface area contributed by atoms with Gasteiger partial charge in [-0.15, -0.1) is 0 Å². The molecule has 0 N–H and O–H groups in total. The highest BCUT2D eigenvalue weighted by atomic mass is 16.3. The summed E-state index contributed by atoms with van der Waals surface area (Å²) in [4.78, 5) is 0. The number of aromatic nitrogens is 1. The maximum absolute atomic E-state index is 6.92. The number of furan rings is 1. The van der Waals surface area contributed by atoms with E-state index in [0.29, 0.717) is 0 Å². The lowest BCUT2D eigenvalue weighted by Crippen LogP contribution is -2.07. The molecule has 1 atom stereocenters. The van der Waals surface area contributed by atoms with Crippen LogP contribution in [0, 0.1) is 0 Å². The van der Waals surface area contributed by atoms with Crippen molar-refractivity contribution in [2.45, 2.75) is 12.3 Å². The van der Waals surface area contributed by atoms with Crippen molar-refractivity contribution >= 4 is 43.7 Å². The van der Waals surface area contributed by atoms with Crippen molar-refractivity contribution in [1.82, 2.24) is 4.57 Å². The second kappa shape index (κ2) is 12.6. The monoisotopic (exact) mass is 665 g/mol. The predicted molar refractivity (Wildman–Crippen MR) is 217 cm³/mol. The predicted octanol–water partition coefficient (Wildman–Crippen LogP) is 13.4. The highest BCUT2D eigenvalue weighted by Gasteiger charge is 2.25. The fraction of sp³-hybridized carbons (Fsp3) is 0.0400. The topological polar surface area (TPSA) is 18.1 Å². The van der Waals surface area contributed by atoms with Gasteiger partial charge in [0, 0.05) is 27.5 Å². The third-order valence-electron chi connectivity index (χ3n) is 10.6. The van der Waals surface area contributed by atoms with Gasteiger partial charge in [0.1, 0.15) is 5.58 Å². The molecule has 2 aromatic heterocycles. The number of nitrogens with zero attached hydrogens (tertiary/aromatic N) is 1. The Labute approximate surface area is 302 Å². The summed E-state index contributed by atoms with van der Waals surface area (Å²) < 4.78 is 9.30. The highest BCUT2D eigenvalue weighted by Crippen LogP contribution is 2.43. The van der Waals surface area contributed by atoms with Crippen LogP contribution in [-0.2, 0) is 6.42 Å². The molecule has 2 nitrogen and oxygen atoms in total. The first-order chi connectivity index (χ1) is 25.8. The van der Waals surface area contributed by atoms with Crippen molar-refractivity contribution < 1.29 is 4.42 Å². The zero-order chi connectivity index (χ0) is 34.4. The first-order valence-corrected chi connectivity index (χ1v) is 18.0. The molecule has 0 radical (unpaired) electrons. The molecule has 8 aromatic carbocycles. The number of hydrogen-bond donors (Lipinski definition) is 0. The Hall–Kier alpha value is -6.64. The Morgan fingerprint density at radius 3 is 1.69 bits per heavy atom. The number of hydrogen-bond acceptors (Lipinski definition) is 1. The molecule has 0 spiro atoms. The highest BCUT2D eigenvalue weighted by molar-refractivity contribution is 6.13. The van der Waals surface area contributed by atoms with E-state index >= 15 is 0 Å². The van der Waals surface area contributed by atoms with E-state index in [-0.39, 0.29) is 5.92 Å². The van der Waals surface area contributed by atoms with E-state index in [1.165, 1.54) is 66.1 Å². The van der Waals surface area contributed by atoms with Crippen molar-refractivity contribution in [3.63, 3.8) is 0 Å². The molecular weight excluding hydrogens is 631 g/mol. The minimum atomic E-state index is 0.0755. The Balaban J connectivity index is 1.20. The molecule has 0 saturated heterocycles. The van der Waals surface area contributed by atoms with E-state index in [0.717, 1.165) is 28.7 Å². The van der Waals surface area contributed by atoms with Crippen LogP contribution in [0.1, 0.15) is 22.6 Å². The third kappa shape index (κ3) is 5.11. The molecule has 0 aliphatic carbocycles. The summed E-state index contributed by atoms with van der Waals surface area (Å²) in [6.45, 7) is 0. The molecule has 0 amide bonds. The van der Waals surface area contributed by atoms with Crippen LogP contribution in [0.15, 0.2) is 199 Å². The molecule has 1 unspecified atom stereocenters.